The summed E-state index contributed by atoms with van der Waals surface area (Å²) >= 11 is 0. The third-order valence-electron chi connectivity index (χ3n) is 3.92. The summed E-state index contributed by atoms with van der Waals surface area (Å²) in [5.74, 6) is -3.78. The maximum atomic E-state index is 13.3. The molecule has 0 saturated carbocycles. The van der Waals surface area contributed by atoms with Crippen LogP contribution in [0.2, 0.25) is 0 Å². The number of nitrogens with one attached hydrogen (secondary N) is 1. The predicted octanol–water partition coefficient (Wildman–Crippen LogP) is 1.96. The molecule has 8 heteroatoms. The molecule has 1 unspecified atom stereocenters. The number of amides is 2. The van der Waals surface area contributed by atoms with Crippen LogP contribution in [-0.4, -0.2) is 46.5 Å². The Morgan fingerprint density at radius 1 is 1.29 bits per heavy atom. The summed E-state index contributed by atoms with van der Waals surface area (Å²) in [5.41, 5.74) is 0. The fourth-order valence-corrected chi connectivity index (χ4v) is 2.74. The van der Waals surface area contributed by atoms with Gasteiger partial charge in [0.1, 0.15) is 6.04 Å². The average molecular weight is 332 g/mol. The van der Waals surface area contributed by atoms with Crippen molar-refractivity contribution < 1.29 is 18.4 Å². The number of rotatable bonds is 2. The van der Waals surface area contributed by atoms with E-state index in [0.29, 0.717) is 0 Å². The Hall–Kier alpha value is -2.95. The summed E-state index contributed by atoms with van der Waals surface area (Å²) in [7, 11) is 0. The number of hydrogen-bond acceptors (Lipinski definition) is 3. The van der Waals surface area contributed by atoms with Crippen LogP contribution < -0.4 is 5.32 Å². The van der Waals surface area contributed by atoms with E-state index in [9.17, 15) is 18.4 Å². The molecule has 1 aliphatic heterocycles. The Labute approximate surface area is 136 Å². The molecule has 1 aromatic carbocycles. The van der Waals surface area contributed by atoms with Crippen molar-refractivity contribution in [1.29, 1.82) is 5.26 Å². The van der Waals surface area contributed by atoms with Crippen LogP contribution in [0.3, 0.4) is 0 Å². The van der Waals surface area contributed by atoms with Gasteiger partial charge in [-0.15, -0.1) is 0 Å². The second kappa shape index (κ2) is 5.92. The minimum atomic E-state index is -3.07. The minimum absolute atomic E-state index is 0.443. The lowest BCUT2D eigenvalue weighted by molar-refractivity contribution is -0.131. The van der Waals surface area contributed by atoms with Gasteiger partial charge in [0.2, 0.25) is 5.91 Å². The smallest absolute Gasteiger partial charge is 0.325 e. The molecule has 24 heavy (non-hydrogen) atoms. The molecule has 2 aromatic rings. The summed E-state index contributed by atoms with van der Waals surface area (Å²) in [5, 5.41) is 13.0. The highest BCUT2D eigenvalue weighted by molar-refractivity contribution is 5.90. The van der Waals surface area contributed by atoms with E-state index >= 15 is 0 Å². The summed E-state index contributed by atoms with van der Waals surface area (Å²) < 4.78 is 28.0. The van der Waals surface area contributed by atoms with E-state index in [2.05, 4.69) is 5.32 Å². The zero-order valence-corrected chi connectivity index (χ0v) is 12.6. The number of carbonyl (C=O) groups excluding carboxylic acids is 2. The van der Waals surface area contributed by atoms with Gasteiger partial charge in [-0.25, -0.2) is 13.6 Å². The van der Waals surface area contributed by atoms with E-state index in [4.69, 9.17) is 5.26 Å². The van der Waals surface area contributed by atoms with Gasteiger partial charge in [0, 0.05) is 18.8 Å². The van der Waals surface area contributed by atoms with Crippen molar-refractivity contribution in [1.82, 2.24) is 14.8 Å². The number of hydrogen-bond donors (Lipinski definition) is 1. The molecule has 0 aliphatic carbocycles. The molecule has 2 amide bonds. The Bertz CT molecular complexity index is 807. The number of aromatic nitrogens is 1. The van der Waals surface area contributed by atoms with Crippen molar-refractivity contribution in [3.05, 3.63) is 36.7 Å². The van der Waals surface area contributed by atoms with Crippen LogP contribution >= 0.6 is 0 Å². The largest absolute Gasteiger partial charge is 0.328 e. The van der Waals surface area contributed by atoms with E-state index in [1.54, 1.807) is 18.5 Å². The van der Waals surface area contributed by atoms with Crippen molar-refractivity contribution in [2.45, 2.75) is 18.4 Å². The van der Waals surface area contributed by atoms with Crippen LogP contribution in [0.4, 0.5) is 13.6 Å². The van der Waals surface area contributed by atoms with E-state index in [-0.39, 0.29) is 0 Å². The number of nitrogens with zero attached hydrogens (tertiary/aromatic N) is 3. The van der Waals surface area contributed by atoms with Gasteiger partial charge < -0.3 is 10.2 Å². The number of alkyl halides is 2. The molecule has 0 radical (unpaired) electrons. The zero-order chi connectivity index (χ0) is 17.3. The Morgan fingerprint density at radius 3 is 2.50 bits per heavy atom. The molecule has 1 fully saturated rings. The molecule has 2 heterocycles. The van der Waals surface area contributed by atoms with Crippen LogP contribution in [0, 0.1) is 11.3 Å². The first kappa shape index (κ1) is 15.9. The standard InChI is InChI=1S/C16H14F2N4O2/c17-16(18)5-13(6-19)22(10-16)14(23)7-20-15(24)21-8-11-3-1-2-4-12(11)9-21/h1-4,8-9,13H,5,7,10H2,(H,20,24). The molecule has 1 atom stereocenters. The zero-order valence-electron chi connectivity index (χ0n) is 12.6. The fraction of sp³-hybridized carbons (Fsp3) is 0.312. The van der Waals surface area contributed by atoms with Gasteiger partial charge in [-0.05, 0) is 10.8 Å². The maximum absolute atomic E-state index is 13.3. The number of likely N-dealkylation sites (tertiary alicyclic amines) is 1. The highest BCUT2D eigenvalue weighted by atomic mass is 19.3. The summed E-state index contributed by atoms with van der Waals surface area (Å²) in [6.45, 7) is -1.24. The van der Waals surface area contributed by atoms with E-state index in [1.165, 1.54) is 4.57 Å². The van der Waals surface area contributed by atoms with Crippen molar-refractivity contribution in [3.8, 4) is 6.07 Å². The van der Waals surface area contributed by atoms with Gasteiger partial charge in [0.25, 0.3) is 5.92 Å². The van der Waals surface area contributed by atoms with Crippen LogP contribution in [0.1, 0.15) is 6.42 Å². The first-order valence-corrected chi connectivity index (χ1v) is 7.31. The van der Waals surface area contributed by atoms with Gasteiger partial charge in [-0.2, -0.15) is 5.26 Å². The van der Waals surface area contributed by atoms with Gasteiger partial charge >= 0.3 is 6.03 Å². The number of benzene rings is 1. The maximum Gasteiger partial charge on any atom is 0.325 e. The Kier molecular flexibility index (Phi) is 3.93. The van der Waals surface area contributed by atoms with E-state index in [0.717, 1.165) is 15.7 Å². The second-order valence-corrected chi connectivity index (χ2v) is 5.68. The number of nitriles is 1. The summed E-state index contributed by atoms with van der Waals surface area (Å²) in [6.07, 6.45) is 2.54. The molecule has 3 rings (SSSR count). The van der Waals surface area contributed by atoms with Gasteiger partial charge in [-0.3, -0.25) is 9.36 Å². The molecule has 124 valence electrons. The molecule has 1 saturated heterocycles. The lowest BCUT2D eigenvalue weighted by Crippen LogP contribution is -2.43. The summed E-state index contributed by atoms with van der Waals surface area (Å²) in [4.78, 5) is 24.9. The van der Waals surface area contributed by atoms with Gasteiger partial charge in [0.15, 0.2) is 0 Å². The number of fused-ring (bicyclic) bond motifs is 1. The van der Waals surface area contributed by atoms with Crippen LogP contribution in [0.15, 0.2) is 36.7 Å². The monoisotopic (exact) mass is 332 g/mol. The first-order chi connectivity index (χ1) is 11.4. The lowest BCUT2D eigenvalue weighted by Gasteiger charge is -2.19. The highest BCUT2D eigenvalue weighted by Crippen LogP contribution is 2.31. The third-order valence-corrected chi connectivity index (χ3v) is 3.92. The summed E-state index contributed by atoms with van der Waals surface area (Å²) in [6, 6.07) is 7.34. The average Bonchev–Trinajstić information content (AvgIpc) is 3.12. The number of halogens is 2. The van der Waals surface area contributed by atoms with Crippen molar-refractivity contribution in [2.24, 2.45) is 0 Å². The normalized spacial score (nSPS) is 19.2. The molecule has 0 bridgehead atoms. The molecule has 1 aliphatic rings. The molecule has 0 spiro atoms. The molecule has 1 aromatic heterocycles. The van der Waals surface area contributed by atoms with Crippen molar-refractivity contribution >= 4 is 22.7 Å². The van der Waals surface area contributed by atoms with Crippen molar-refractivity contribution in [3.63, 3.8) is 0 Å². The molecule has 6 nitrogen and oxygen atoms in total. The third kappa shape index (κ3) is 3.06. The minimum Gasteiger partial charge on any atom is -0.328 e. The van der Waals surface area contributed by atoms with Gasteiger partial charge in [-0.1, -0.05) is 24.3 Å². The SMILES string of the molecule is N#CC1CC(F)(F)CN1C(=O)CNC(=O)n1cc2ccccc2c1. The van der Waals surface area contributed by atoms with Crippen LogP contribution in [0.25, 0.3) is 10.8 Å². The number of carbonyl (C=O) groups is 2. The van der Waals surface area contributed by atoms with Crippen LogP contribution in [0.5, 0.6) is 0 Å². The molecular weight excluding hydrogens is 318 g/mol. The predicted molar refractivity (Wildman–Crippen MR) is 81.4 cm³/mol. The Morgan fingerprint density at radius 2 is 1.92 bits per heavy atom. The Balaban J connectivity index is 1.63. The highest BCUT2D eigenvalue weighted by Gasteiger charge is 2.47. The van der Waals surface area contributed by atoms with Crippen molar-refractivity contribution in [2.75, 3.05) is 13.1 Å². The topological polar surface area (TPSA) is 78.1 Å². The van der Waals surface area contributed by atoms with E-state index < -0.39 is 43.4 Å². The fourth-order valence-electron chi connectivity index (χ4n) is 2.74. The molecular formula is C16H14F2N4O2. The van der Waals surface area contributed by atoms with E-state index in [1.807, 2.05) is 24.3 Å². The first-order valence-electron chi connectivity index (χ1n) is 7.31. The van der Waals surface area contributed by atoms with Crippen LogP contribution in [-0.2, 0) is 4.79 Å². The molecule has 1 N–H and O–H groups in total. The quantitative estimate of drug-likeness (QED) is 0.913. The van der Waals surface area contributed by atoms with Gasteiger partial charge in [0.05, 0.1) is 19.2 Å². The second-order valence-electron chi connectivity index (χ2n) is 5.68. The lowest BCUT2D eigenvalue weighted by atomic mass is 10.2.